The lowest BCUT2D eigenvalue weighted by molar-refractivity contribution is -0.122. The minimum Gasteiger partial charge on any atom is -0.438 e. The second-order valence-electron chi connectivity index (χ2n) is 9.37. The Morgan fingerprint density at radius 3 is 2.64 bits per heavy atom. The summed E-state index contributed by atoms with van der Waals surface area (Å²) in [5.74, 6) is -1.14. The summed E-state index contributed by atoms with van der Waals surface area (Å²) in [4.78, 5) is 28.9. The minimum absolute atomic E-state index is 0.238. The molecule has 0 aliphatic heterocycles. The summed E-state index contributed by atoms with van der Waals surface area (Å²) in [7, 11) is -3.01. The highest BCUT2D eigenvalue weighted by Gasteiger charge is 2.36. The molecule has 1 aliphatic rings. The molecule has 3 rings (SSSR count). The highest BCUT2D eigenvalue weighted by molar-refractivity contribution is 7.89. The third-order valence-corrected chi connectivity index (χ3v) is 7.48. The van der Waals surface area contributed by atoms with E-state index in [1.165, 1.54) is 13.2 Å². The highest BCUT2D eigenvalue weighted by Crippen LogP contribution is 2.40. The van der Waals surface area contributed by atoms with Crippen molar-refractivity contribution in [2.45, 2.75) is 50.8 Å². The lowest BCUT2D eigenvalue weighted by atomic mass is 9.69. The second kappa shape index (κ2) is 11.1. The van der Waals surface area contributed by atoms with Crippen LogP contribution in [0.5, 0.6) is 0 Å². The number of nitrogens with two attached hydrogens (primary N) is 1. The smallest absolute Gasteiger partial charge is 0.297 e. The van der Waals surface area contributed by atoms with Crippen LogP contribution in [-0.2, 0) is 19.6 Å². The number of rotatable bonds is 10. The van der Waals surface area contributed by atoms with Gasteiger partial charge in [0.1, 0.15) is 6.61 Å². The van der Waals surface area contributed by atoms with Crippen LogP contribution in [0, 0.1) is 18.8 Å². The number of aliphatic imine (C=N–C) groups is 1. The molecule has 0 bridgehead atoms. The van der Waals surface area contributed by atoms with Crippen molar-refractivity contribution >= 4 is 44.8 Å². The van der Waals surface area contributed by atoms with Crippen LogP contribution in [0.3, 0.4) is 0 Å². The Bertz CT molecular complexity index is 1270. The molecule has 0 saturated heterocycles. The van der Waals surface area contributed by atoms with Crippen LogP contribution in [-0.4, -0.2) is 45.3 Å². The molecular weight excluding hydrogens is 508 g/mol. The van der Waals surface area contributed by atoms with Gasteiger partial charge in [-0.25, -0.2) is 4.72 Å². The number of hydrogen-bond acceptors (Lipinski definition) is 8. The van der Waals surface area contributed by atoms with Gasteiger partial charge in [0, 0.05) is 17.8 Å². The van der Waals surface area contributed by atoms with E-state index < -0.39 is 39.2 Å². The number of amides is 2. The molecule has 196 valence electrons. The van der Waals surface area contributed by atoms with E-state index in [4.69, 9.17) is 26.7 Å². The maximum atomic E-state index is 12.6. The van der Waals surface area contributed by atoms with Crippen molar-refractivity contribution in [3.63, 3.8) is 0 Å². The Hall–Kier alpha value is -2.73. The number of carbonyl (C=O) groups is 2. The molecule has 0 unspecified atom stereocenters. The minimum atomic E-state index is -4.27. The number of halogens is 1. The average molecular weight is 539 g/mol. The SMILES string of the molecule is COCC(=O)NS(=O)(=O)c1ccc(C(=O)N[C@](C)(N)CC2CC(C(C)=Nc3cc(Cl)ccc3C)C2)o1. The Morgan fingerprint density at radius 2 is 1.97 bits per heavy atom. The lowest BCUT2D eigenvalue weighted by Gasteiger charge is -2.40. The number of ether oxygens (including phenoxy) is 1. The maximum Gasteiger partial charge on any atom is 0.297 e. The van der Waals surface area contributed by atoms with Gasteiger partial charge in [-0.05, 0) is 81.7 Å². The van der Waals surface area contributed by atoms with Crippen LogP contribution >= 0.6 is 11.6 Å². The summed E-state index contributed by atoms with van der Waals surface area (Å²) in [6.07, 6.45) is 2.31. The van der Waals surface area contributed by atoms with Crippen molar-refractivity contribution in [1.29, 1.82) is 0 Å². The average Bonchev–Trinajstić information content (AvgIpc) is 3.24. The zero-order valence-corrected chi connectivity index (χ0v) is 22.2. The predicted octanol–water partition coefficient (Wildman–Crippen LogP) is 3.31. The van der Waals surface area contributed by atoms with Crippen molar-refractivity contribution in [2.24, 2.45) is 22.6 Å². The fraction of sp³-hybridized carbons (Fsp3) is 0.458. The fourth-order valence-corrected chi connectivity index (χ4v) is 5.22. The molecule has 4 N–H and O–H groups in total. The number of furan rings is 1. The van der Waals surface area contributed by atoms with Crippen molar-refractivity contribution < 1.29 is 27.2 Å². The summed E-state index contributed by atoms with van der Waals surface area (Å²) in [5, 5.41) is 2.77. The number of nitrogens with zero attached hydrogens (tertiary/aromatic N) is 1. The Labute approximate surface area is 215 Å². The van der Waals surface area contributed by atoms with Gasteiger partial charge in [-0.1, -0.05) is 17.7 Å². The zero-order chi connectivity index (χ0) is 26.7. The van der Waals surface area contributed by atoms with Crippen molar-refractivity contribution in [1.82, 2.24) is 10.0 Å². The molecule has 2 amide bonds. The van der Waals surface area contributed by atoms with E-state index in [0.29, 0.717) is 23.3 Å². The first kappa shape index (κ1) is 27.9. The van der Waals surface area contributed by atoms with Gasteiger partial charge in [-0.2, -0.15) is 8.42 Å². The van der Waals surface area contributed by atoms with Crippen LogP contribution in [0.15, 0.2) is 44.8 Å². The second-order valence-corrected chi connectivity index (χ2v) is 11.4. The van der Waals surface area contributed by atoms with Gasteiger partial charge in [0.05, 0.1) is 11.4 Å². The number of sulfonamides is 1. The monoisotopic (exact) mass is 538 g/mol. The molecule has 1 heterocycles. The first-order chi connectivity index (χ1) is 16.8. The summed E-state index contributed by atoms with van der Waals surface area (Å²) < 4.78 is 36.0. The van der Waals surface area contributed by atoms with E-state index in [-0.39, 0.29) is 5.76 Å². The first-order valence-corrected chi connectivity index (χ1v) is 13.2. The summed E-state index contributed by atoms with van der Waals surface area (Å²) in [6.45, 7) is 5.25. The topological polar surface area (TPSA) is 153 Å². The molecule has 1 atom stereocenters. The summed E-state index contributed by atoms with van der Waals surface area (Å²) >= 11 is 6.09. The number of nitrogens with one attached hydrogen (secondary N) is 2. The molecule has 1 aromatic heterocycles. The number of benzene rings is 1. The van der Waals surface area contributed by atoms with E-state index in [0.717, 1.165) is 35.9 Å². The normalized spacial score (nSPS) is 19.8. The third-order valence-electron chi connectivity index (χ3n) is 6.00. The van der Waals surface area contributed by atoms with Crippen LogP contribution in [0.4, 0.5) is 5.69 Å². The summed E-state index contributed by atoms with van der Waals surface area (Å²) in [6, 6.07) is 7.92. The van der Waals surface area contributed by atoms with Crippen molar-refractivity contribution in [3.05, 3.63) is 46.7 Å². The quantitative estimate of drug-likeness (QED) is 0.310. The van der Waals surface area contributed by atoms with E-state index in [9.17, 15) is 18.0 Å². The van der Waals surface area contributed by atoms with Crippen LogP contribution < -0.4 is 15.8 Å². The molecular formula is C24H31ClN4O6S. The van der Waals surface area contributed by atoms with E-state index in [1.807, 2.05) is 32.0 Å². The van der Waals surface area contributed by atoms with E-state index in [2.05, 4.69) is 10.1 Å². The van der Waals surface area contributed by atoms with Gasteiger partial charge in [0.25, 0.3) is 21.8 Å². The molecule has 2 aromatic rings. The van der Waals surface area contributed by atoms with Gasteiger partial charge >= 0.3 is 0 Å². The van der Waals surface area contributed by atoms with E-state index in [1.54, 1.807) is 11.6 Å². The van der Waals surface area contributed by atoms with Crippen LogP contribution in [0.25, 0.3) is 0 Å². The van der Waals surface area contributed by atoms with Crippen LogP contribution in [0.2, 0.25) is 5.02 Å². The number of methoxy groups -OCH3 is 1. The number of carbonyl (C=O) groups excluding carboxylic acids is 2. The van der Waals surface area contributed by atoms with Gasteiger partial charge in [0.15, 0.2) is 5.76 Å². The fourth-order valence-electron chi connectivity index (χ4n) is 4.15. The third kappa shape index (κ3) is 7.16. The molecule has 12 heteroatoms. The highest BCUT2D eigenvalue weighted by atomic mass is 35.5. The number of aryl methyl sites for hydroxylation is 1. The number of hydrogen-bond donors (Lipinski definition) is 3. The zero-order valence-electron chi connectivity index (χ0n) is 20.6. The maximum absolute atomic E-state index is 12.6. The van der Waals surface area contributed by atoms with Gasteiger partial charge in [-0.3, -0.25) is 14.6 Å². The van der Waals surface area contributed by atoms with Crippen LogP contribution in [0.1, 0.15) is 49.2 Å². The predicted molar refractivity (Wildman–Crippen MR) is 136 cm³/mol. The Morgan fingerprint density at radius 1 is 1.28 bits per heavy atom. The molecule has 0 radical (unpaired) electrons. The molecule has 1 saturated carbocycles. The molecule has 10 nitrogen and oxygen atoms in total. The molecule has 1 aromatic carbocycles. The van der Waals surface area contributed by atoms with Gasteiger partial charge < -0.3 is 20.2 Å². The Kier molecular flexibility index (Phi) is 8.60. The first-order valence-electron chi connectivity index (χ1n) is 11.4. The van der Waals surface area contributed by atoms with Crippen molar-refractivity contribution in [3.8, 4) is 0 Å². The van der Waals surface area contributed by atoms with Crippen molar-refractivity contribution in [2.75, 3.05) is 13.7 Å². The summed E-state index contributed by atoms with van der Waals surface area (Å²) in [5.41, 5.74) is 8.23. The molecule has 1 fully saturated rings. The molecule has 36 heavy (non-hydrogen) atoms. The Balaban J connectivity index is 1.54. The molecule has 0 spiro atoms. The van der Waals surface area contributed by atoms with Gasteiger partial charge in [-0.15, -0.1) is 0 Å². The lowest BCUT2D eigenvalue weighted by Crippen LogP contribution is -2.55. The standard InChI is InChI=1S/C24H31ClN4O6S/c1-14-5-6-18(25)11-19(14)27-15(2)17-9-16(10-17)12-24(3,26)28-23(31)20-7-8-22(35-20)36(32,33)29-21(30)13-34-4/h5-8,11,16-17H,9-10,12-13,26H2,1-4H3,(H,28,31)(H,29,30)/t16?,17?,24-/m0/s1. The molecule has 1 aliphatic carbocycles. The van der Waals surface area contributed by atoms with Gasteiger partial charge in [0.2, 0.25) is 5.09 Å². The van der Waals surface area contributed by atoms with E-state index >= 15 is 0 Å². The largest absolute Gasteiger partial charge is 0.438 e.